The second-order valence-electron chi connectivity index (χ2n) is 6.79. The van der Waals surface area contributed by atoms with Gasteiger partial charge in [-0.1, -0.05) is 42.8 Å². The zero-order valence-corrected chi connectivity index (χ0v) is 13.2. The fraction of sp³-hybridized carbons (Fsp3) is 0.474. The average molecular weight is 282 g/mol. The Kier molecular flexibility index (Phi) is 4.01. The molecule has 3 rings (SSSR count). The van der Waals surface area contributed by atoms with Gasteiger partial charge in [0.05, 0.1) is 0 Å². The van der Waals surface area contributed by atoms with E-state index in [1.807, 2.05) is 0 Å². The monoisotopic (exact) mass is 282 g/mol. The highest BCUT2D eigenvalue weighted by Crippen LogP contribution is 2.32. The first-order valence-corrected chi connectivity index (χ1v) is 8.08. The summed E-state index contributed by atoms with van der Waals surface area (Å²) in [6.07, 6.45) is 3.96. The van der Waals surface area contributed by atoms with Gasteiger partial charge in [-0.3, -0.25) is 4.90 Å². The van der Waals surface area contributed by atoms with Crippen LogP contribution in [-0.2, 0) is 0 Å². The van der Waals surface area contributed by atoms with E-state index in [-0.39, 0.29) is 11.6 Å². The zero-order valence-electron chi connectivity index (χ0n) is 13.2. The van der Waals surface area contributed by atoms with E-state index < -0.39 is 0 Å². The van der Waals surface area contributed by atoms with Crippen LogP contribution in [0.1, 0.15) is 44.7 Å². The van der Waals surface area contributed by atoms with E-state index in [9.17, 15) is 0 Å². The molecule has 2 heteroatoms. The Labute approximate surface area is 127 Å². The summed E-state index contributed by atoms with van der Waals surface area (Å²) in [6.45, 7) is 6.93. The van der Waals surface area contributed by atoms with Gasteiger partial charge in [-0.05, 0) is 62.2 Å². The van der Waals surface area contributed by atoms with Crippen molar-refractivity contribution in [2.45, 2.75) is 44.7 Å². The van der Waals surface area contributed by atoms with E-state index in [4.69, 9.17) is 5.73 Å². The van der Waals surface area contributed by atoms with Crippen molar-refractivity contribution in [3.8, 4) is 0 Å². The number of rotatable bonds is 3. The summed E-state index contributed by atoms with van der Waals surface area (Å²) in [5.74, 6) is 0. The van der Waals surface area contributed by atoms with Crippen LogP contribution in [0.4, 0.5) is 0 Å². The third-order valence-corrected chi connectivity index (χ3v) is 5.06. The van der Waals surface area contributed by atoms with Crippen LogP contribution < -0.4 is 5.73 Å². The zero-order chi connectivity index (χ0) is 14.9. The molecule has 0 aliphatic carbocycles. The van der Waals surface area contributed by atoms with Crippen molar-refractivity contribution in [3.63, 3.8) is 0 Å². The van der Waals surface area contributed by atoms with Gasteiger partial charge < -0.3 is 5.73 Å². The van der Waals surface area contributed by atoms with Gasteiger partial charge >= 0.3 is 0 Å². The Morgan fingerprint density at radius 1 is 0.952 bits per heavy atom. The average Bonchev–Trinajstić information content (AvgIpc) is 2.54. The molecule has 112 valence electrons. The Bertz CT molecular complexity index is 612. The molecule has 1 aliphatic rings. The van der Waals surface area contributed by atoms with Gasteiger partial charge in [0.25, 0.3) is 0 Å². The smallest absolute Gasteiger partial charge is 0.0476 e. The van der Waals surface area contributed by atoms with Crippen molar-refractivity contribution in [1.29, 1.82) is 0 Å². The van der Waals surface area contributed by atoms with Crippen LogP contribution in [0.15, 0.2) is 42.5 Å². The molecule has 0 spiro atoms. The molecule has 2 N–H and O–H groups in total. The van der Waals surface area contributed by atoms with Gasteiger partial charge in [0.15, 0.2) is 0 Å². The summed E-state index contributed by atoms with van der Waals surface area (Å²) in [4.78, 5) is 2.57. The van der Waals surface area contributed by atoms with Gasteiger partial charge in [0, 0.05) is 11.6 Å². The van der Waals surface area contributed by atoms with Crippen LogP contribution in [0, 0.1) is 0 Å². The number of nitrogens with two attached hydrogens (primary N) is 1. The number of nitrogens with zero attached hydrogens (tertiary/aromatic N) is 1. The van der Waals surface area contributed by atoms with E-state index in [0.717, 1.165) is 0 Å². The first-order chi connectivity index (χ1) is 10.1. The molecule has 0 saturated carbocycles. The fourth-order valence-electron chi connectivity index (χ4n) is 3.48. The Balaban J connectivity index is 1.89. The maximum absolute atomic E-state index is 6.65. The van der Waals surface area contributed by atoms with Crippen molar-refractivity contribution in [2.75, 3.05) is 13.1 Å². The maximum Gasteiger partial charge on any atom is 0.0476 e. The molecule has 1 fully saturated rings. The fourth-order valence-corrected chi connectivity index (χ4v) is 3.48. The lowest BCUT2D eigenvalue weighted by Gasteiger charge is -2.44. The van der Waals surface area contributed by atoms with Crippen LogP contribution in [0.25, 0.3) is 10.8 Å². The van der Waals surface area contributed by atoms with E-state index in [2.05, 4.69) is 61.2 Å². The minimum absolute atomic E-state index is 0.00285. The predicted octanol–water partition coefficient (Wildman–Crippen LogP) is 4.10. The number of hydrogen-bond donors (Lipinski definition) is 1. The highest BCUT2D eigenvalue weighted by Gasteiger charge is 2.34. The van der Waals surface area contributed by atoms with Crippen molar-refractivity contribution < 1.29 is 0 Å². The maximum atomic E-state index is 6.65. The van der Waals surface area contributed by atoms with E-state index in [0.29, 0.717) is 0 Å². The summed E-state index contributed by atoms with van der Waals surface area (Å²) in [5, 5.41) is 2.56. The van der Waals surface area contributed by atoms with Crippen LogP contribution in [0.5, 0.6) is 0 Å². The molecule has 0 amide bonds. The summed E-state index contributed by atoms with van der Waals surface area (Å²) >= 11 is 0. The predicted molar refractivity (Wildman–Crippen MR) is 90.4 cm³/mol. The van der Waals surface area contributed by atoms with E-state index in [1.165, 1.54) is 48.7 Å². The molecule has 1 saturated heterocycles. The van der Waals surface area contributed by atoms with Crippen molar-refractivity contribution in [3.05, 3.63) is 48.0 Å². The SMILES string of the molecule is CC(C)(C(N)c1ccc2ccccc2c1)N1CCCCC1. The van der Waals surface area contributed by atoms with Gasteiger partial charge in [-0.2, -0.15) is 0 Å². The van der Waals surface area contributed by atoms with Crippen LogP contribution in [0.2, 0.25) is 0 Å². The molecule has 2 aromatic carbocycles. The van der Waals surface area contributed by atoms with E-state index >= 15 is 0 Å². The Morgan fingerprint density at radius 2 is 1.62 bits per heavy atom. The number of likely N-dealkylation sites (tertiary alicyclic amines) is 1. The molecule has 0 bridgehead atoms. The number of piperidine rings is 1. The lowest BCUT2D eigenvalue weighted by atomic mass is 9.85. The summed E-state index contributed by atoms with van der Waals surface area (Å²) in [6, 6.07) is 15.2. The largest absolute Gasteiger partial charge is 0.322 e. The molecule has 1 aliphatic heterocycles. The molecule has 21 heavy (non-hydrogen) atoms. The molecule has 1 atom stereocenters. The molecule has 0 aromatic heterocycles. The Morgan fingerprint density at radius 3 is 2.33 bits per heavy atom. The minimum atomic E-state index is 0.00285. The summed E-state index contributed by atoms with van der Waals surface area (Å²) < 4.78 is 0. The standard InChI is InChI=1S/C19H26N2/c1-19(2,21-12-6-3-7-13-21)18(20)17-11-10-15-8-4-5-9-16(15)14-17/h4-5,8-11,14,18H,3,6-7,12-13,20H2,1-2H3. The van der Waals surface area contributed by atoms with Crippen LogP contribution in [0.3, 0.4) is 0 Å². The first-order valence-electron chi connectivity index (χ1n) is 8.08. The third kappa shape index (κ3) is 2.83. The molecular formula is C19H26N2. The number of hydrogen-bond acceptors (Lipinski definition) is 2. The molecular weight excluding hydrogens is 256 g/mol. The van der Waals surface area contributed by atoms with Gasteiger partial charge in [-0.15, -0.1) is 0 Å². The van der Waals surface area contributed by atoms with Crippen molar-refractivity contribution >= 4 is 10.8 Å². The lowest BCUT2D eigenvalue weighted by Crippen LogP contribution is -2.53. The van der Waals surface area contributed by atoms with Crippen molar-refractivity contribution in [2.24, 2.45) is 5.73 Å². The molecule has 2 nitrogen and oxygen atoms in total. The first kappa shape index (κ1) is 14.6. The highest BCUT2D eigenvalue weighted by atomic mass is 15.2. The number of benzene rings is 2. The Hall–Kier alpha value is -1.38. The quantitative estimate of drug-likeness (QED) is 0.918. The van der Waals surface area contributed by atoms with Crippen LogP contribution in [-0.4, -0.2) is 23.5 Å². The highest BCUT2D eigenvalue weighted by molar-refractivity contribution is 5.83. The molecule has 0 radical (unpaired) electrons. The summed E-state index contributed by atoms with van der Waals surface area (Å²) in [7, 11) is 0. The molecule has 1 heterocycles. The van der Waals surface area contributed by atoms with Gasteiger partial charge in [0.1, 0.15) is 0 Å². The lowest BCUT2D eigenvalue weighted by molar-refractivity contribution is 0.0730. The minimum Gasteiger partial charge on any atom is -0.322 e. The van der Waals surface area contributed by atoms with E-state index in [1.54, 1.807) is 0 Å². The van der Waals surface area contributed by atoms with Crippen molar-refractivity contribution in [1.82, 2.24) is 4.90 Å². The summed E-state index contributed by atoms with van der Waals surface area (Å²) in [5.41, 5.74) is 7.90. The second-order valence-corrected chi connectivity index (χ2v) is 6.79. The van der Waals surface area contributed by atoms with Crippen LogP contribution >= 0.6 is 0 Å². The third-order valence-electron chi connectivity index (χ3n) is 5.06. The number of fused-ring (bicyclic) bond motifs is 1. The molecule has 2 aromatic rings. The van der Waals surface area contributed by atoms with Gasteiger partial charge in [0.2, 0.25) is 0 Å². The second kappa shape index (κ2) is 5.78. The topological polar surface area (TPSA) is 29.3 Å². The van der Waals surface area contributed by atoms with Gasteiger partial charge in [-0.25, -0.2) is 0 Å². The normalized spacial score (nSPS) is 18.8. The molecule has 1 unspecified atom stereocenters.